The van der Waals surface area contributed by atoms with Crippen molar-refractivity contribution < 1.29 is 19.1 Å². The summed E-state index contributed by atoms with van der Waals surface area (Å²) in [5, 5.41) is 8.78. The zero-order chi connectivity index (χ0) is 16.8. The van der Waals surface area contributed by atoms with Crippen LogP contribution < -0.4 is 0 Å². The smallest absolute Gasteiger partial charge is 0.338 e. The molecule has 23 heavy (non-hydrogen) atoms. The molecule has 2 atom stereocenters. The Morgan fingerprint density at radius 1 is 1.09 bits per heavy atom. The van der Waals surface area contributed by atoms with E-state index in [0.717, 1.165) is 12.8 Å². The molecule has 5 heteroatoms. The minimum atomic E-state index is -0.452. The summed E-state index contributed by atoms with van der Waals surface area (Å²) in [6.45, 7) is 3.56. The van der Waals surface area contributed by atoms with Crippen LogP contribution in [0.4, 0.5) is 0 Å². The number of nitriles is 1. The van der Waals surface area contributed by atoms with Gasteiger partial charge in [0.15, 0.2) is 0 Å². The summed E-state index contributed by atoms with van der Waals surface area (Å²) < 4.78 is 11.0. The number of hydrogen-bond donors (Lipinski definition) is 0. The van der Waals surface area contributed by atoms with Crippen LogP contribution in [0.3, 0.4) is 0 Å². The minimum Gasteiger partial charge on any atom is -0.458 e. The van der Waals surface area contributed by atoms with Crippen molar-refractivity contribution in [3.63, 3.8) is 0 Å². The summed E-state index contributed by atoms with van der Waals surface area (Å²) in [5.41, 5.74) is 0.881. The maximum Gasteiger partial charge on any atom is 0.338 e. The summed E-state index contributed by atoms with van der Waals surface area (Å²) in [5.74, 6) is -0.921. The van der Waals surface area contributed by atoms with Gasteiger partial charge in [-0.2, -0.15) is 5.26 Å². The molecule has 0 radical (unpaired) electrons. The molecule has 1 fully saturated rings. The summed E-state index contributed by atoms with van der Waals surface area (Å²) in [6.07, 6.45) is 2.53. The van der Waals surface area contributed by atoms with Crippen LogP contribution in [0.15, 0.2) is 24.3 Å². The number of rotatable bonds is 4. The lowest BCUT2D eigenvalue weighted by Crippen LogP contribution is -2.38. The van der Waals surface area contributed by atoms with Gasteiger partial charge in [0.2, 0.25) is 0 Å². The number of carbonyl (C=O) groups is 2. The number of ether oxygens (including phenoxy) is 2. The second-order valence-electron chi connectivity index (χ2n) is 6.05. The van der Waals surface area contributed by atoms with E-state index in [4.69, 9.17) is 14.7 Å². The Hall–Kier alpha value is -2.35. The highest BCUT2D eigenvalue weighted by atomic mass is 16.6. The summed E-state index contributed by atoms with van der Waals surface area (Å²) >= 11 is 0. The molecule has 0 aromatic heterocycles. The molecular formula is C18H21NO4. The Labute approximate surface area is 136 Å². The average molecular weight is 315 g/mol. The van der Waals surface area contributed by atoms with Gasteiger partial charge in [0, 0.05) is 0 Å². The number of hydrogen-bond acceptors (Lipinski definition) is 5. The van der Waals surface area contributed by atoms with Gasteiger partial charge in [-0.15, -0.1) is 0 Å². The molecule has 0 unspecified atom stereocenters. The van der Waals surface area contributed by atoms with Crippen LogP contribution in [-0.4, -0.2) is 24.1 Å². The van der Waals surface area contributed by atoms with Crippen LogP contribution in [0.1, 0.15) is 55.5 Å². The second-order valence-corrected chi connectivity index (χ2v) is 6.05. The van der Waals surface area contributed by atoms with Gasteiger partial charge in [0.05, 0.1) is 23.1 Å². The van der Waals surface area contributed by atoms with Crippen LogP contribution in [0.25, 0.3) is 0 Å². The van der Waals surface area contributed by atoms with E-state index in [1.807, 2.05) is 6.07 Å². The first-order valence-corrected chi connectivity index (χ1v) is 7.93. The van der Waals surface area contributed by atoms with E-state index < -0.39 is 12.1 Å². The SMILES string of the molecule is CC(C)C(=O)O[C@H]1CCCC[C@H]1OC(=O)c1ccc(C#N)cc1. The van der Waals surface area contributed by atoms with Crippen molar-refractivity contribution in [2.75, 3.05) is 0 Å². The maximum absolute atomic E-state index is 12.2. The van der Waals surface area contributed by atoms with Gasteiger partial charge in [-0.1, -0.05) is 13.8 Å². The normalized spacial score (nSPS) is 20.6. The first-order valence-electron chi connectivity index (χ1n) is 7.93. The monoisotopic (exact) mass is 315 g/mol. The molecule has 1 aliphatic carbocycles. The van der Waals surface area contributed by atoms with E-state index in [0.29, 0.717) is 24.0 Å². The minimum absolute atomic E-state index is 0.202. The molecule has 0 heterocycles. The molecule has 0 spiro atoms. The lowest BCUT2D eigenvalue weighted by atomic mass is 9.94. The first kappa shape index (κ1) is 17.0. The van der Waals surface area contributed by atoms with Crippen LogP contribution >= 0.6 is 0 Å². The van der Waals surface area contributed by atoms with E-state index in [2.05, 4.69) is 0 Å². The molecule has 0 bridgehead atoms. The number of nitrogens with zero attached hydrogens (tertiary/aromatic N) is 1. The third-order valence-corrected chi connectivity index (χ3v) is 3.89. The topological polar surface area (TPSA) is 76.4 Å². The highest BCUT2D eigenvalue weighted by molar-refractivity contribution is 5.89. The molecule has 2 rings (SSSR count). The molecule has 0 amide bonds. The van der Waals surface area contributed by atoms with Crippen molar-refractivity contribution in [3.05, 3.63) is 35.4 Å². The number of benzene rings is 1. The van der Waals surface area contributed by atoms with E-state index >= 15 is 0 Å². The van der Waals surface area contributed by atoms with Gasteiger partial charge in [-0.3, -0.25) is 4.79 Å². The van der Waals surface area contributed by atoms with Gasteiger partial charge < -0.3 is 9.47 Å². The fraction of sp³-hybridized carbons (Fsp3) is 0.500. The molecule has 1 aromatic rings. The predicted molar refractivity (Wildman–Crippen MR) is 83.5 cm³/mol. The first-order chi connectivity index (χ1) is 11.0. The Kier molecular flexibility index (Phi) is 5.75. The maximum atomic E-state index is 12.2. The van der Waals surface area contributed by atoms with Gasteiger partial charge in [0.25, 0.3) is 0 Å². The van der Waals surface area contributed by atoms with Crippen molar-refractivity contribution in [1.29, 1.82) is 5.26 Å². The van der Waals surface area contributed by atoms with Gasteiger partial charge in [-0.25, -0.2) is 4.79 Å². The summed E-state index contributed by atoms with van der Waals surface area (Å²) in [7, 11) is 0. The van der Waals surface area contributed by atoms with Crippen molar-refractivity contribution in [2.24, 2.45) is 5.92 Å². The lowest BCUT2D eigenvalue weighted by Gasteiger charge is -2.31. The molecule has 1 aliphatic rings. The average Bonchev–Trinajstić information content (AvgIpc) is 2.56. The Balaban J connectivity index is 2.01. The van der Waals surface area contributed by atoms with E-state index in [9.17, 15) is 9.59 Å². The van der Waals surface area contributed by atoms with Gasteiger partial charge >= 0.3 is 11.9 Å². The van der Waals surface area contributed by atoms with Crippen molar-refractivity contribution in [2.45, 2.75) is 51.7 Å². The van der Waals surface area contributed by atoms with Crippen molar-refractivity contribution in [3.8, 4) is 6.07 Å². The molecule has 1 aromatic carbocycles. The van der Waals surface area contributed by atoms with E-state index in [1.54, 1.807) is 38.1 Å². The zero-order valence-electron chi connectivity index (χ0n) is 13.5. The van der Waals surface area contributed by atoms with Crippen LogP contribution in [0.2, 0.25) is 0 Å². The highest BCUT2D eigenvalue weighted by Gasteiger charge is 2.32. The van der Waals surface area contributed by atoms with Crippen molar-refractivity contribution in [1.82, 2.24) is 0 Å². The lowest BCUT2D eigenvalue weighted by molar-refractivity contribution is -0.161. The third-order valence-electron chi connectivity index (χ3n) is 3.89. The van der Waals surface area contributed by atoms with Gasteiger partial charge in [-0.05, 0) is 49.9 Å². The molecule has 122 valence electrons. The van der Waals surface area contributed by atoms with Crippen LogP contribution in [0.5, 0.6) is 0 Å². The fourth-order valence-corrected chi connectivity index (χ4v) is 2.50. The summed E-state index contributed by atoms with van der Waals surface area (Å²) in [4.78, 5) is 24.0. The Bertz CT molecular complexity index is 600. The van der Waals surface area contributed by atoms with Gasteiger partial charge in [0.1, 0.15) is 12.2 Å². The number of carbonyl (C=O) groups excluding carboxylic acids is 2. The standard InChI is InChI=1S/C18H21NO4/c1-12(2)17(20)22-15-5-3-4-6-16(15)23-18(21)14-9-7-13(11-19)8-10-14/h7-10,12,15-16H,3-6H2,1-2H3/t15-,16+/m0/s1. The predicted octanol–water partition coefficient (Wildman–Crippen LogP) is 3.23. The molecule has 5 nitrogen and oxygen atoms in total. The highest BCUT2D eigenvalue weighted by Crippen LogP contribution is 2.25. The molecule has 0 aliphatic heterocycles. The molecule has 0 N–H and O–H groups in total. The largest absolute Gasteiger partial charge is 0.458 e. The van der Waals surface area contributed by atoms with Crippen LogP contribution in [-0.2, 0) is 14.3 Å². The Morgan fingerprint density at radius 2 is 1.65 bits per heavy atom. The zero-order valence-corrected chi connectivity index (χ0v) is 13.5. The van der Waals surface area contributed by atoms with E-state index in [-0.39, 0.29) is 18.0 Å². The third kappa shape index (κ3) is 4.56. The van der Waals surface area contributed by atoms with E-state index in [1.165, 1.54) is 0 Å². The summed E-state index contributed by atoms with van der Waals surface area (Å²) in [6, 6.07) is 8.29. The number of esters is 2. The second kappa shape index (κ2) is 7.77. The fourth-order valence-electron chi connectivity index (χ4n) is 2.50. The van der Waals surface area contributed by atoms with Crippen molar-refractivity contribution >= 4 is 11.9 Å². The molecule has 1 saturated carbocycles. The Morgan fingerprint density at radius 3 is 2.17 bits per heavy atom. The molecular weight excluding hydrogens is 294 g/mol. The quantitative estimate of drug-likeness (QED) is 0.797. The van der Waals surface area contributed by atoms with Crippen LogP contribution in [0, 0.1) is 17.2 Å². The molecule has 0 saturated heterocycles.